The summed E-state index contributed by atoms with van der Waals surface area (Å²) in [5.41, 5.74) is 12.5. The lowest BCUT2D eigenvalue weighted by molar-refractivity contribution is -0.115. The number of unbranched alkanes of at least 4 members (excludes halogenated alkanes) is 1. The summed E-state index contributed by atoms with van der Waals surface area (Å²) in [5.74, 6) is -1.59. The molecule has 4 N–H and O–H groups in total. The van der Waals surface area contributed by atoms with Gasteiger partial charge in [0.25, 0.3) is 5.92 Å². The second-order valence-corrected chi connectivity index (χ2v) is 7.35. The first kappa shape index (κ1) is 26.1. The van der Waals surface area contributed by atoms with Crippen molar-refractivity contribution in [1.29, 1.82) is 0 Å². The zero-order valence-corrected chi connectivity index (χ0v) is 18.8. The summed E-state index contributed by atoms with van der Waals surface area (Å²) in [6, 6.07) is 12.1. The number of nitrogens with zero attached hydrogens (tertiary/aromatic N) is 1. The van der Waals surface area contributed by atoms with Crippen LogP contribution in [0.25, 0.3) is 0 Å². The van der Waals surface area contributed by atoms with Gasteiger partial charge in [0.05, 0.1) is 0 Å². The van der Waals surface area contributed by atoms with Gasteiger partial charge < -0.3 is 16.2 Å². The molecule has 0 bridgehead atoms. The summed E-state index contributed by atoms with van der Waals surface area (Å²) in [5, 5.41) is 0. The smallest absolute Gasteiger partial charge is 0.270 e. The van der Waals surface area contributed by atoms with Gasteiger partial charge in [0.1, 0.15) is 18.0 Å². The van der Waals surface area contributed by atoms with Crippen LogP contribution in [0.1, 0.15) is 57.2 Å². The van der Waals surface area contributed by atoms with Crippen molar-refractivity contribution in [3.05, 3.63) is 59.2 Å². The van der Waals surface area contributed by atoms with Crippen LogP contribution in [0.2, 0.25) is 0 Å². The summed E-state index contributed by atoms with van der Waals surface area (Å²) < 4.78 is 32.2. The van der Waals surface area contributed by atoms with Gasteiger partial charge in [-0.2, -0.15) is 0 Å². The van der Waals surface area contributed by atoms with Crippen molar-refractivity contribution in [3.63, 3.8) is 0 Å². The molecule has 2 aromatic rings. The minimum absolute atomic E-state index is 0.00555. The van der Waals surface area contributed by atoms with Gasteiger partial charge in [-0.15, -0.1) is 0 Å². The van der Waals surface area contributed by atoms with E-state index in [2.05, 4.69) is 24.9 Å². The molecule has 2 aromatic carbocycles. The van der Waals surface area contributed by atoms with Crippen molar-refractivity contribution >= 4 is 11.7 Å². The number of alkyl halides is 2. The third-order valence-corrected chi connectivity index (χ3v) is 4.44. The molecule has 0 heterocycles. The van der Waals surface area contributed by atoms with E-state index in [9.17, 15) is 13.6 Å². The van der Waals surface area contributed by atoms with E-state index in [1.807, 2.05) is 12.1 Å². The van der Waals surface area contributed by atoms with Crippen molar-refractivity contribution < 1.29 is 18.3 Å². The molecule has 0 saturated heterocycles. The summed E-state index contributed by atoms with van der Waals surface area (Å²) in [6.45, 7) is 6.72. The molecule has 2 rings (SSSR count). The normalized spacial score (nSPS) is 10.6. The molecule has 0 spiro atoms. The SMILES string of the molecule is CC(=O)CN=C(N)N.CCCCc1ccc(Oc2ccc(C(C)(F)F)cc2)cc1CC. The Hall–Kier alpha value is -2.96. The number of hydrogen-bond donors (Lipinski definition) is 2. The van der Waals surface area contributed by atoms with E-state index in [-0.39, 0.29) is 23.9 Å². The Bertz CT molecular complexity index is 856. The number of hydrogen-bond acceptors (Lipinski definition) is 3. The van der Waals surface area contributed by atoms with Crippen LogP contribution in [0.3, 0.4) is 0 Å². The average Bonchev–Trinajstić information content (AvgIpc) is 2.71. The highest BCUT2D eigenvalue weighted by Gasteiger charge is 2.23. The first-order valence-electron chi connectivity index (χ1n) is 10.4. The fourth-order valence-electron chi connectivity index (χ4n) is 2.76. The standard InChI is InChI=1S/C20H24F2O.C4H9N3O/c1-4-6-7-16-8-11-19(14-15(16)5-2)23-18-12-9-17(10-13-18)20(3,21)22;1-3(8)2-7-4(5)6/h8-14H,4-7H2,1-3H3;2H2,1H3,(H4,5,6,7). The van der Waals surface area contributed by atoms with Gasteiger partial charge >= 0.3 is 0 Å². The van der Waals surface area contributed by atoms with Gasteiger partial charge in [0.2, 0.25) is 0 Å². The molecule has 0 fully saturated rings. The van der Waals surface area contributed by atoms with Gasteiger partial charge in [-0.05, 0) is 73.7 Å². The molecule has 0 aliphatic rings. The first-order valence-corrected chi connectivity index (χ1v) is 10.4. The molecule has 31 heavy (non-hydrogen) atoms. The van der Waals surface area contributed by atoms with Crippen LogP contribution in [0.4, 0.5) is 8.78 Å². The first-order chi connectivity index (χ1) is 14.6. The fraction of sp³-hybridized carbons (Fsp3) is 0.417. The van der Waals surface area contributed by atoms with Crippen molar-refractivity contribution in [2.45, 2.75) is 59.3 Å². The van der Waals surface area contributed by atoms with Crippen molar-refractivity contribution in [3.8, 4) is 11.5 Å². The Morgan fingerprint density at radius 3 is 2.10 bits per heavy atom. The Morgan fingerprint density at radius 1 is 1.03 bits per heavy atom. The van der Waals surface area contributed by atoms with E-state index in [1.54, 1.807) is 12.1 Å². The molecule has 0 aliphatic heterocycles. The lowest BCUT2D eigenvalue weighted by Gasteiger charge is -2.13. The monoisotopic (exact) mass is 433 g/mol. The van der Waals surface area contributed by atoms with E-state index in [0.29, 0.717) is 5.75 Å². The molecule has 170 valence electrons. The van der Waals surface area contributed by atoms with Gasteiger partial charge in [-0.3, -0.25) is 4.79 Å². The molecule has 0 amide bonds. The number of benzene rings is 2. The largest absolute Gasteiger partial charge is 0.457 e. The van der Waals surface area contributed by atoms with Gasteiger partial charge in [-0.1, -0.05) is 26.3 Å². The molecular weight excluding hydrogens is 400 g/mol. The van der Waals surface area contributed by atoms with E-state index in [4.69, 9.17) is 16.2 Å². The number of carbonyl (C=O) groups excluding carboxylic acids is 1. The number of carbonyl (C=O) groups is 1. The van der Waals surface area contributed by atoms with Crippen LogP contribution >= 0.6 is 0 Å². The lowest BCUT2D eigenvalue weighted by atomic mass is 10.00. The summed E-state index contributed by atoms with van der Waals surface area (Å²) in [4.78, 5) is 13.6. The van der Waals surface area contributed by atoms with Gasteiger partial charge in [-0.25, -0.2) is 13.8 Å². The highest BCUT2D eigenvalue weighted by atomic mass is 19.3. The molecule has 0 aliphatic carbocycles. The Labute approximate surface area is 183 Å². The summed E-state index contributed by atoms with van der Waals surface area (Å²) in [7, 11) is 0. The van der Waals surface area contributed by atoms with Crippen molar-refractivity contribution in [2.75, 3.05) is 6.54 Å². The topological polar surface area (TPSA) is 90.7 Å². The molecule has 0 saturated carbocycles. The average molecular weight is 434 g/mol. The third-order valence-electron chi connectivity index (χ3n) is 4.44. The van der Waals surface area contributed by atoms with E-state index < -0.39 is 5.92 Å². The van der Waals surface area contributed by atoms with Crippen LogP contribution < -0.4 is 16.2 Å². The zero-order valence-electron chi connectivity index (χ0n) is 18.8. The molecule has 0 aromatic heterocycles. The number of ketones is 1. The Morgan fingerprint density at radius 2 is 1.65 bits per heavy atom. The van der Waals surface area contributed by atoms with Crippen LogP contribution in [0, 0.1) is 0 Å². The van der Waals surface area contributed by atoms with E-state index in [0.717, 1.165) is 25.5 Å². The predicted octanol–water partition coefficient (Wildman–Crippen LogP) is 5.34. The number of nitrogens with two attached hydrogens (primary N) is 2. The number of rotatable bonds is 9. The van der Waals surface area contributed by atoms with E-state index in [1.165, 1.54) is 43.0 Å². The third kappa shape index (κ3) is 10.1. The lowest BCUT2D eigenvalue weighted by Crippen LogP contribution is -2.23. The number of aliphatic imine (C=N–C) groups is 1. The van der Waals surface area contributed by atoms with Crippen molar-refractivity contribution in [2.24, 2.45) is 16.5 Å². The number of halogens is 2. The maximum absolute atomic E-state index is 13.2. The Kier molecular flexibility index (Phi) is 10.7. The zero-order chi connectivity index (χ0) is 23.4. The molecule has 7 heteroatoms. The number of aryl methyl sites for hydroxylation is 2. The fourth-order valence-corrected chi connectivity index (χ4v) is 2.76. The second kappa shape index (κ2) is 12.7. The van der Waals surface area contributed by atoms with Crippen LogP contribution in [-0.2, 0) is 23.6 Å². The molecule has 5 nitrogen and oxygen atoms in total. The second-order valence-electron chi connectivity index (χ2n) is 7.35. The molecule has 0 unspecified atom stereocenters. The highest BCUT2D eigenvalue weighted by molar-refractivity contribution is 5.82. The predicted molar refractivity (Wildman–Crippen MR) is 122 cm³/mol. The quantitative estimate of drug-likeness (QED) is 0.412. The number of guanidine groups is 1. The van der Waals surface area contributed by atoms with Crippen LogP contribution in [0.5, 0.6) is 11.5 Å². The van der Waals surface area contributed by atoms with Gasteiger partial charge in [0, 0.05) is 12.5 Å². The van der Waals surface area contributed by atoms with Gasteiger partial charge in [0.15, 0.2) is 11.7 Å². The molecule has 0 radical (unpaired) electrons. The van der Waals surface area contributed by atoms with Crippen molar-refractivity contribution in [1.82, 2.24) is 0 Å². The number of Topliss-reactive ketones (excluding diaryl/α,β-unsaturated/α-hetero) is 1. The molecular formula is C24H33F2N3O2. The maximum Gasteiger partial charge on any atom is 0.270 e. The Balaban J connectivity index is 0.000000512. The number of ether oxygens (including phenoxy) is 1. The summed E-state index contributed by atoms with van der Waals surface area (Å²) in [6.07, 6.45) is 4.40. The minimum atomic E-state index is -2.82. The maximum atomic E-state index is 13.2. The van der Waals surface area contributed by atoms with Crippen LogP contribution in [0.15, 0.2) is 47.5 Å². The highest BCUT2D eigenvalue weighted by Crippen LogP contribution is 2.30. The molecule has 0 atom stereocenters. The van der Waals surface area contributed by atoms with E-state index >= 15 is 0 Å². The minimum Gasteiger partial charge on any atom is -0.457 e. The van der Waals surface area contributed by atoms with Crippen LogP contribution in [-0.4, -0.2) is 18.3 Å². The summed E-state index contributed by atoms with van der Waals surface area (Å²) >= 11 is 0.